The third-order valence-corrected chi connectivity index (χ3v) is 5.46. The highest BCUT2D eigenvalue weighted by molar-refractivity contribution is 7.90. The molecule has 0 N–H and O–H groups in total. The van der Waals surface area contributed by atoms with Gasteiger partial charge in [-0.25, -0.2) is 4.79 Å². The molecule has 0 spiro atoms. The number of esters is 1. The summed E-state index contributed by atoms with van der Waals surface area (Å²) in [5, 5.41) is 8.81. The van der Waals surface area contributed by atoms with Crippen molar-refractivity contribution < 1.29 is 17.9 Å². The average molecular weight is 347 g/mol. The van der Waals surface area contributed by atoms with Gasteiger partial charge in [0.05, 0.1) is 0 Å². The third-order valence-electron chi connectivity index (χ3n) is 4.13. The molecule has 7 nitrogen and oxygen atoms in total. The maximum atomic E-state index is 12.4. The van der Waals surface area contributed by atoms with Gasteiger partial charge in [-0.15, -0.1) is 4.40 Å². The molecule has 126 valence electrons. The van der Waals surface area contributed by atoms with Crippen molar-refractivity contribution in [3.05, 3.63) is 29.8 Å². The second-order valence-electron chi connectivity index (χ2n) is 5.80. The fourth-order valence-corrected chi connectivity index (χ4v) is 4.22. The number of piperidine rings is 1. The number of nitriles is 1. The van der Waals surface area contributed by atoms with Gasteiger partial charge < -0.3 is 9.64 Å². The summed E-state index contributed by atoms with van der Waals surface area (Å²) in [4.78, 5) is 14.2. The van der Waals surface area contributed by atoms with Crippen LogP contribution in [0.4, 0.5) is 0 Å². The molecule has 2 aliphatic rings. The van der Waals surface area contributed by atoms with Crippen LogP contribution in [-0.2, 0) is 19.6 Å². The molecule has 0 radical (unpaired) electrons. The van der Waals surface area contributed by atoms with Gasteiger partial charge in [0.15, 0.2) is 11.9 Å². The van der Waals surface area contributed by atoms with Crippen LogP contribution in [0.1, 0.15) is 31.7 Å². The van der Waals surface area contributed by atoms with Gasteiger partial charge in [-0.2, -0.15) is 13.7 Å². The molecular weight excluding hydrogens is 330 g/mol. The van der Waals surface area contributed by atoms with Crippen LogP contribution in [0.25, 0.3) is 0 Å². The molecule has 1 aromatic rings. The molecule has 1 aromatic carbocycles. The Labute approximate surface area is 140 Å². The summed E-state index contributed by atoms with van der Waals surface area (Å²) < 4.78 is 33.5. The largest absolute Gasteiger partial charge is 0.446 e. The van der Waals surface area contributed by atoms with E-state index in [-0.39, 0.29) is 10.7 Å². The second-order valence-corrected chi connectivity index (χ2v) is 7.37. The third kappa shape index (κ3) is 2.87. The number of fused-ring (bicyclic) bond motifs is 1. The highest BCUT2D eigenvalue weighted by Gasteiger charge is 2.38. The molecule has 0 unspecified atom stereocenters. The molecule has 0 amide bonds. The highest BCUT2D eigenvalue weighted by Crippen LogP contribution is 2.31. The van der Waals surface area contributed by atoms with Crippen molar-refractivity contribution in [2.24, 2.45) is 4.40 Å². The van der Waals surface area contributed by atoms with Gasteiger partial charge in [0, 0.05) is 12.1 Å². The van der Waals surface area contributed by atoms with E-state index < -0.39 is 28.1 Å². The van der Waals surface area contributed by atoms with Crippen LogP contribution >= 0.6 is 0 Å². The van der Waals surface area contributed by atoms with Gasteiger partial charge in [0.1, 0.15) is 17.0 Å². The molecule has 0 aliphatic carbocycles. The van der Waals surface area contributed by atoms with Gasteiger partial charge in [-0.3, -0.25) is 0 Å². The standard InChI is InChI=1S/C16H17N3O4S/c1-11(10-17)23-16(20)13-7-4-5-9-19(13)15-12-6-2-3-8-14(12)24(21,22)18-15/h2-3,6,8,11,13H,4-5,7,9H2,1H3/t11-,13-/m0/s1. The molecule has 0 saturated carbocycles. The summed E-state index contributed by atoms with van der Waals surface area (Å²) in [6, 6.07) is 7.81. The first-order valence-corrected chi connectivity index (χ1v) is 9.19. The Hall–Kier alpha value is -2.40. The highest BCUT2D eigenvalue weighted by atomic mass is 32.2. The minimum absolute atomic E-state index is 0.156. The van der Waals surface area contributed by atoms with Gasteiger partial charge in [0.25, 0.3) is 10.0 Å². The summed E-state index contributed by atoms with van der Waals surface area (Å²) in [6.07, 6.45) is 1.36. The summed E-state index contributed by atoms with van der Waals surface area (Å²) >= 11 is 0. The Morgan fingerprint density at radius 2 is 2.17 bits per heavy atom. The van der Waals surface area contributed by atoms with Gasteiger partial charge in [0.2, 0.25) is 0 Å². The monoisotopic (exact) mass is 347 g/mol. The Morgan fingerprint density at radius 3 is 2.92 bits per heavy atom. The number of likely N-dealkylation sites (tertiary alicyclic amines) is 1. The Kier molecular flexibility index (Phi) is 4.28. The van der Waals surface area contributed by atoms with Crippen LogP contribution in [0.2, 0.25) is 0 Å². The van der Waals surface area contributed by atoms with E-state index in [1.807, 2.05) is 6.07 Å². The summed E-state index contributed by atoms with van der Waals surface area (Å²) in [6.45, 7) is 2.02. The smallest absolute Gasteiger partial charge is 0.330 e. The topological polar surface area (TPSA) is 99.8 Å². The first-order chi connectivity index (χ1) is 11.4. The Morgan fingerprint density at radius 1 is 1.42 bits per heavy atom. The zero-order chi connectivity index (χ0) is 17.3. The molecule has 2 atom stereocenters. The van der Waals surface area contributed by atoms with Crippen molar-refractivity contribution in [1.82, 2.24) is 4.90 Å². The SMILES string of the molecule is C[C@@H](C#N)OC(=O)[C@@H]1CCCCN1C1=NS(=O)(=O)c2ccccc21. The predicted octanol–water partition coefficient (Wildman–Crippen LogP) is 1.45. The number of ether oxygens (including phenoxy) is 1. The van der Waals surface area contributed by atoms with Crippen LogP contribution in [0, 0.1) is 11.3 Å². The Bertz CT molecular complexity index is 841. The first-order valence-electron chi connectivity index (χ1n) is 7.75. The Balaban J connectivity index is 1.95. The van der Waals surface area contributed by atoms with Crippen molar-refractivity contribution >= 4 is 21.8 Å². The zero-order valence-corrected chi connectivity index (χ0v) is 14.0. The van der Waals surface area contributed by atoms with Crippen LogP contribution in [0.15, 0.2) is 33.6 Å². The van der Waals surface area contributed by atoms with Crippen LogP contribution in [-0.4, -0.2) is 43.8 Å². The van der Waals surface area contributed by atoms with E-state index in [0.29, 0.717) is 18.5 Å². The molecular formula is C16H17N3O4S. The quantitative estimate of drug-likeness (QED) is 0.751. The van der Waals surface area contributed by atoms with Crippen molar-refractivity contribution in [2.75, 3.05) is 6.54 Å². The number of rotatable bonds is 2. The van der Waals surface area contributed by atoms with E-state index in [0.717, 1.165) is 12.8 Å². The number of nitrogens with zero attached hydrogens (tertiary/aromatic N) is 3. The number of sulfonamides is 1. The average Bonchev–Trinajstić information content (AvgIpc) is 2.86. The number of carbonyl (C=O) groups excluding carboxylic acids is 1. The van der Waals surface area contributed by atoms with E-state index in [9.17, 15) is 13.2 Å². The number of amidine groups is 1. The van der Waals surface area contributed by atoms with E-state index in [2.05, 4.69) is 4.40 Å². The number of hydrogen-bond donors (Lipinski definition) is 0. The molecule has 8 heteroatoms. The fraction of sp³-hybridized carbons (Fsp3) is 0.438. The minimum Gasteiger partial charge on any atom is -0.446 e. The van der Waals surface area contributed by atoms with Crippen LogP contribution < -0.4 is 0 Å². The fourth-order valence-electron chi connectivity index (χ4n) is 3.00. The van der Waals surface area contributed by atoms with E-state index in [1.54, 1.807) is 23.1 Å². The van der Waals surface area contributed by atoms with Gasteiger partial charge in [-0.1, -0.05) is 12.1 Å². The number of carbonyl (C=O) groups is 1. The second kappa shape index (κ2) is 6.24. The lowest BCUT2D eigenvalue weighted by atomic mass is 10.0. The van der Waals surface area contributed by atoms with Crippen molar-refractivity contribution in [1.29, 1.82) is 5.26 Å². The lowest BCUT2D eigenvalue weighted by Gasteiger charge is -2.35. The lowest BCUT2D eigenvalue weighted by molar-refractivity contribution is -0.151. The van der Waals surface area contributed by atoms with Gasteiger partial charge >= 0.3 is 5.97 Å². The molecule has 0 aromatic heterocycles. The first kappa shape index (κ1) is 16.5. The maximum absolute atomic E-state index is 12.4. The van der Waals surface area contributed by atoms with E-state index in [4.69, 9.17) is 10.00 Å². The molecule has 24 heavy (non-hydrogen) atoms. The van der Waals surface area contributed by atoms with Crippen LogP contribution in [0.3, 0.4) is 0 Å². The lowest BCUT2D eigenvalue weighted by Crippen LogP contribution is -2.49. The van der Waals surface area contributed by atoms with Crippen molar-refractivity contribution in [2.45, 2.75) is 43.2 Å². The molecule has 2 aliphatic heterocycles. The molecule has 0 bridgehead atoms. The normalized spacial score (nSPS) is 22.9. The van der Waals surface area contributed by atoms with Gasteiger partial charge in [-0.05, 0) is 38.3 Å². The number of benzene rings is 1. The predicted molar refractivity (Wildman–Crippen MR) is 85.7 cm³/mol. The van der Waals surface area contributed by atoms with Crippen molar-refractivity contribution in [3.63, 3.8) is 0 Å². The summed E-state index contributed by atoms with van der Waals surface area (Å²) in [5.74, 6) is -0.231. The molecule has 3 rings (SSSR count). The maximum Gasteiger partial charge on any atom is 0.330 e. The summed E-state index contributed by atoms with van der Waals surface area (Å²) in [7, 11) is -3.74. The summed E-state index contributed by atoms with van der Waals surface area (Å²) in [5.41, 5.74) is 0.505. The van der Waals surface area contributed by atoms with Crippen LogP contribution in [0.5, 0.6) is 0 Å². The molecule has 1 fully saturated rings. The number of hydrogen-bond acceptors (Lipinski definition) is 6. The van der Waals surface area contributed by atoms with Crippen molar-refractivity contribution in [3.8, 4) is 6.07 Å². The molecule has 2 heterocycles. The zero-order valence-electron chi connectivity index (χ0n) is 13.2. The minimum atomic E-state index is -3.74. The molecule has 1 saturated heterocycles. The van der Waals surface area contributed by atoms with E-state index in [1.165, 1.54) is 13.0 Å². The van der Waals surface area contributed by atoms with E-state index >= 15 is 0 Å².